The Kier molecular flexibility index (Phi) is 6.18. The van der Waals surface area contributed by atoms with Gasteiger partial charge in [-0.25, -0.2) is 4.98 Å². The number of nitrogens with one attached hydrogen (secondary N) is 2. The average Bonchev–Trinajstić information content (AvgIpc) is 2.69. The molecule has 1 aliphatic rings. The van der Waals surface area contributed by atoms with E-state index in [9.17, 15) is 5.11 Å². The van der Waals surface area contributed by atoms with Crippen molar-refractivity contribution in [1.82, 2.24) is 9.97 Å². The molecule has 8 nitrogen and oxygen atoms in total. The largest absolute Gasteiger partial charge is 0.493 e. The number of nitrogens with zero attached hydrogens (tertiary/aromatic N) is 2. The molecule has 3 rings (SSSR count). The maximum atomic E-state index is 9.63. The Morgan fingerprint density at radius 3 is 2.26 bits per heavy atom. The summed E-state index contributed by atoms with van der Waals surface area (Å²) in [6.45, 7) is 0. The van der Waals surface area contributed by atoms with E-state index < -0.39 is 0 Å². The first-order valence-electron chi connectivity index (χ1n) is 8.97. The molecule has 0 unspecified atom stereocenters. The number of ether oxygens (including phenoxy) is 3. The summed E-state index contributed by atoms with van der Waals surface area (Å²) in [5, 5.41) is 16.2. The van der Waals surface area contributed by atoms with Gasteiger partial charge in [0.1, 0.15) is 5.82 Å². The topological polar surface area (TPSA) is 97.8 Å². The highest BCUT2D eigenvalue weighted by Gasteiger charge is 2.20. The fourth-order valence-electron chi connectivity index (χ4n) is 3.20. The summed E-state index contributed by atoms with van der Waals surface area (Å²) < 4.78 is 16.1. The Labute approximate surface area is 158 Å². The second-order valence-corrected chi connectivity index (χ2v) is 6.45. The van der Waals surface area contributed by atoms with Crippen molar-refractivity contribution in [2.75, 3.05) is 32.0 Å². The second-order valence-electron chi connectivity index (χ2n) is 6.45. The van der Waals surface area contributed by atoms with Crippen molar-refractivity contribution in [3.63, 3.8) is 0 Å². The summed E-state index contributed by atoms with van der Waals surface area (Å²) in [6, 6.07) is 5.71. The van der Waals surface area contributed by atoms with Gasteiger partial charge in [-0.3, -0.25) is 0 Å². The highest BCUT2D eigenvalue weighted by atomic mass is 16.5. The number of benzene rings is 1. The first-order valence-corrected chi connectivity index (χ1v) is 8.97. The van der Waals surface area contributed by atoms with Crippen LogP contribution in [-0.4, -0.2) is 48.5 Å². The molecule has 146 valence electrons. The highest BCUT2D eigenvalue weighted by molar-refractivity contribution is 5.66. The van der Waals surface area contributed by atoms with E-state index >= 15 is 0 Å². The number of anilines is 3. The lowest BCUT2D eigenvalue weighted by Crippen LogP contribution is -2.28. The monoisotopic (exact) mass is 374 g/mol. The van der Waals surface area contributed by atoms with E-state index in [1.165, 1.54) is 0 Å². The van der Waals surface area contributed by atoms with E-state index in [4.69, 9.17) is 14.2 Å². The number of hydrogen-bond donors (Lipinski definition) is 3. The minimum absolute atomic E-state index is 0.183. The summed E-state index contributed by atoms with van der Waals surface area (Å²) in [5.74, 6) is 2.88. The minimum atomic E-state index is -0.183. The van der Waals surface area contributed by atoms with Crippen LogP contribution in [0.25, 0.3) is 0 Å². The van der Waals surface area contributed by atoms with Gasteiger partial charge in [0.25, 0.3) is 0 Å². The summed E-state index contributed by atoms with van der Waals surface area (Å²) in [4.78, 5) is 8.82. The Balaban J connectivity index is 1.74. The van der Waals surface area contributed by atoms with Gasteiger partial charge in [0.15, 0.2) is 11.5 Å². The SMILES string of the molecule is COc1cc(Nc2ccnc(NC3CCC(O)CC3)n2)cc(OC)c1OC. The molecule has 1 saturated carbocycles. The van der Waals surface area contributed by atoms with E-state index in [0.717, 1.165) is 31.4 Å². The van der Waals surface area contributed by atoms with Crippen LogP contribution in [0.3, 0.4) is 0 Å². The molecule has 1 aliphatic carbocycles. The zero-order valence-corrected chi connectivity index (χ0v) is 15.9. The molecule has 0 radical (unpaired) electrons. The predicted octanol–water partition coefficient (Wildman–Crippen LogP) is 2.96. The number of aliphatic hydroxyl groups excluding tert-OH is 1. The van der Waals surface area contributed by atoms with Crippen molar-refractivity contribution in [2.24, 2.45) is 0 Å². The van der Waals surface area contributed by atoms with Crippen molar-refractivity contribution in [2.45, 2.75) is 37.8 Å². The Morgan fingerprint density at radius 2 is 1.67 bits per heavy atom. The van der Waals surface area contributed by atoms with Crippen LogP contribution >= 0.6 is 0 Å². The lowest BCUT2D eigenvalue weighted by Gasteiger charge is -2.26. The van der Waals surface area contributed by atoms with Gasteiger partial charge < -0.3 is 30.0 Å². The molecule has 0 spiro atoms. The summed E-state index contributed by atoms with van der Waals surface area (Å²) in [5.41, 5.74) is 0.759. The maximum absolute atomic E-state index is 9.63. The third-order valence-electron chi connectivity index (χ3n) is 4.62. The number of rotatable bonds is 7. The molecular weight excluding hydrogens is 348 g/mol. The first kappa shape index (κ1) is 19.0. The molecule has 0 amide bonds. The van der Waals surface area contributed by atoms with E-state index in [-0.39, 0.29) is 12.1 Å². The molecule has 0 saturated heterocycles. The number of hydrogen-bond acceptors (Lipinski definition) is 8. The van der Waals surface area contributed by atoms with Crippen molar-refractivity contribution in [3.05, 3.63) is 24.4 Å². The third kappa shape index (κ3) is 4.71. The van der Waals surface area contributed by atoms with Gasteiger partial charge in [-0.2, -0.15) is 4.98 Å². The maximum Gasteiger partial charge on any atom is 0.224 e. The number of methoxy groups -OCH3 is 3. The van der Waals surface area contributed by atoms with E-state index in [1.54, 1.807) is 33.6 Å². The zero-order valence-electron chi connectivity index (χ0n) is 15.9. The van der Waals surface area contributed by atoms with Crippen LogP contribution in [0.5, 0.6) is 17.2 Å². The smallest absolute Gasteiger partial charge is 0.224 e. The summed E-state index contributed by atoms with van der Waals surface area (Å²) in [7, 11) is 4.73. The van der Waals surface area contributed by atoms with E-state index in [0.29, 0.717) is 29.0 Å². The molecule has 2 aromatic rings. The summed E-state index contributed by atoms with van der Waals surface area (Å²) >= 11 is 0. The van der Waals surface area contributed by atoms with Gasteiger partial charge in [-0.1, -0.05) is 0 Å². The quantitative estimate of drug-likeness (QED) is 0.680. The van der Waals surface area contributed by atoms with Crippen LogP contribution in [0.2, 0.25) is 0 Å². The summed E-state index contributed by atoms with van der Waals surface area (Å²) in [6.07, 6.45) is 4.96. The molecule has 0 aliphatic heterocycles. The van der Waals surface area contributed by atoms with Gasteiger partial charge in [0, 0.05) is 30.1 Å². The van der Waals surface area contributed by atoms with Crippen molar-refractivity contribution in [3.8, 4) is 17.2 Å². The molecular formula is C19H26N4O4. The molecule has 0 bridgehead atoms. The van der Waals surface area contributed by atoms with Crippen molar-refractivity contribution >= 4 is 17.5 Å². The highest BCUT2D eigenvalue weighted by Crippen LogP contribution is 2.40. The van der Waals surface area contributed by atoms with Gasteiger partial charge in [-0.15, -0.1) is 0 Å². The molecule has 0 atom stereocenters. The van der Waals surface area contributed by atoms with Crippen LogP contribution in [0.1, 0.15) is 25.7 Å². The van der Waals surface area contributed by atoms with Crippen molar-refractivity contribution in [1.29, 1.82) is 0 Å². The fourth-order valence-corrected chi connectivity index (χ4v) is 3.20. The molecule has 1 heterocycles. The second kappa shape index (κ2) is 8.77. The molecule has 8 heteroatoms. The Bertz CT molecular complexity index is 738. The first-order chi connectivity index (χ1) is 13.1. The Hall–Kier alpha value is -2.74. The van der Waals surface area contributed by atoms with Crippen LogP contribution in [0, 0.1) is 0 Å². The van der Waals surface area contributed by atoms with Gasteiger partial charge in [-0.05, 0) is 31.7 Å². The van der Waals surface area contributed by atoms with Crippen LogP contribution in [0.4, 0.5) is 17.5 Å². The molecule has 3 N–H and O–H groups in total. The molecule has 1 aromatic carbocycles. The fraction of sp³-hybridized carbons (Fsp3) is 0.474. The lowest BCUT2D eigenvalue weighted by atomic mass is 9.93. The average molecular weight is 374 g/mol. The standard InChI is InChI=1S/C19H26N4O4/c1-25-15-10-13(11-16(26-2)18(15)27-3)21-17-8-9-20-19(23-17)22-12-4-6-14(24)7-5-12/h8-12,14,24H,4-7H2,1-3H3,(H2,20,21,22,23). The normalized spacial score (nSPS) is 19.3. The van der Waals surface area contributed by atoms with Gasteiger partial charge >= 0.3 is 0 Å². The third-order valence-corrected chi connectivity index (χ3v) is 4.62. The van der Waals surface area contributed by atoms with Crippen LogP contribution < -0.4 is 24.8 Å². The van der Waals surface area contributed by atoms with E-state index in [1.807, 2.05) is 12.1 Å². The van der Waals surface area contributed by atoms with Crippen LogP contribution in [-0.2, 0) is 0 Å². The van der Waals surface area contributed by atoms with Crippen molar-refractivity contribution < 1.29 is 19.3 Å². The molecule has 1 fully saturated rings. The lowest BCUT2D eigenvalue weighted by molar-refractivity contribution is 0.126. The zero-order chi connectivity index (χ0) is 19.2. The van der Waals surface area contributed by atoms with E-state index in [2.05, 4.69) is 20.6 Å². The Morgan fingerprint density at radius 1 is 1.00 bits per heavy atom. The number of aromatic nitrogens is 2. The molecule has 27 heavy (non-hydrogen) atoms. The minimum Gasteiger partial charge on any atom is -0.493 e. The molecule has 1 aromatic heterocycles. The van der Waals surface area contributed by atoms with Crippen LogP contribution in [0.15, 0.2) is 24.4 Å². The van der Waals surface area contributed by atoms with Gasteiger partial charge in [0.05, 0.1) is 27.4 Å². The predicted molar refractivity (Wildman–Crippen MR) is 103 cm³/mol. The van der Waals surface area contributed by atoms with Gasteiger partial charge in [0.2, 0.25) is 11.7 Å². The number of aliphatic hydroxyl groups is 1.